The second-order valence-electron chi connectivity index (χ2n) is 7.13. The van der Waals surface area contributed by atoms with Crippen molar-refractivity contribution in [2.45, 2.75) is 42.5 Å². The van der Waals surface area contributed by atoms with Crippen molar-refractivity contribution in [2.24, 2.45) is 0 Å². The molecule has 1 N–H and O–H groups in total. The van der Waals surface area contributed by atoms with E-state index in [-0.39, 0.29) is 0 Å². The molecule has 2 heterocycles. The average molecular weight is 420 g/mol. The van der Waals surface area contributed by atoms with Crippen LogP contribution in [0.4, 0.5) is 0 Å². The Labute approximate surface area is 180 Å². The predicted octanol–water partition coefficient (Wildman–Crippen LogP) is 6.59. The summed E-state index contributed by atoms with van der Waals surface area (Å²) in [6, 6.07) is 18.9. The van der Waals surface area contributed by atoms with Crippen molar-refractivity contribution in [3.63, 3.8) is 0 Å². The number of nitrogens with one attached hydrogen (secondary N) is 1. The van der Waals surface area contributed by atoms with E-state index in [0.717, 1.165) is 39.8 Å². The highest BCUT2D eigenvalue weighted by Crippen LogP contribution is 2.31. The number of benzene rings is 2. The molecule has 2 aromatic carbocycles. The third kappa shape index (κ3) is 5.03. The largest absolute Gasteiger partial charge is 0.333 e. The standard InChI is InChI=1S/C24H25N3S2/c1-17-15-25-22(16-29-24-26-20-12-6-7-13-21(20)27-24)18(2)23(17)28-14-8-11-19-9-4-3-5-10-19/h3-7,9-10,12-13,15H,8,11,14,16H2,1-2H3,(H,26,27). The maximum Gasteiger partial charge on any atom is 0.166 e. The van der Waals surface area contributed by atoms with Gasteiger partial charge in [0.1, 0.15) is 0 Å². The number of aromatic nitrogens is 3. The molecule has 0 amide bonds. The first-order valence-corrected chi connectivity index (χ1v) is 11.9. The Hall–Kier alpha value is -2.24. The first-order valence-electron chi connectivity index (χ1n) is 9.90. The molecule has 2 aromatic heterocycles. The van der Waals surface area contributed by atoms with Gasteiger partial charge in [-0.2, -0.15) is 0 Å². The van der Waals surface area contributed by atoms with Crippen LogP contribution >= 0.6 is 23.5 Å². The molecule has 0 spiro atoms. The van der Waals surface area contributed by atoms with Crippen molar-refractivity contribution in [3.05, 3.63) is 83.2 Å². The van der Waals surface area contributed by atoms with E-state index in [0.29, 0.717) is 0 Å². The summed E-state index contributed by atoms with van der Waals surface area (Å²) in [5.41, 5.74) is 7.23. The minimum Gasteiger partial charge on any atom is -0.333 e. The maximum atomic E-state index is 4.71. The Balaban J connectivity index is 1.38. The van der Waals surface area contributed by atoms with Gasteiger partial charge in [-0.3, -0.25) is 4.98 Å². The third-order valence-corrected chi connectivity index (χ3v) is 7.25. The summed E-state index contributed by atoms with van der Waals surface area (Å²) < 4.78 is 0. The number of nitrogens with zero attached hydrogens (tertiary/aromatic N) is 2. The first kappa shape index (κ1) is 20.0. The van der Waals surface area contributed by atoms with E-state index in [1.807, 2.05) is 36.2 Å². The van der Waals surface area contributed by atoms with Gasteiger partial charge in [-0.25, -0.2) is 4.98 Å². The van der Waals surface area contributed by atoms with E-state index in [4.69, 9.17) is 4.98 Å². The van der Waals surface area contributed by atoms with Crippen LogP contribution < -0.4 is 0 Å². The molecular weight excluding hydrogens is 394 g/mol. The summed E-state index contributed by atoms with van der Waals surface area (Å²) in [6.45, 7) is 4.36. The summed E-state index contributed by atoms with van der Waals surface area (Å²) in [6.07, 6.45) is 4.33. The highest BCUT2D eigenvalue weighted by molar-refractivity contribution is 7.99. The summed E-state index contributed by atoms with van der Waals surface area (Å²) >= 11 is 3.68. The van der Waals surface area contributed by atoms with Crippen molar-refractivity contribution in [2.75, 3.05) is 5.75 Å². The van der Waals surface area contributed by atoms with Crippen LogP contribution in [0.2, 0.25) is 0 Å². The van der Waals surface area contributed by atoms with E-state index in [9.17, 15) is 0 Å². The lowest BCUT2D eigenvalue weighted by Crippen LogP contribution is -1.98. The Kier molecular flexibility index (Phi) is 6.57. The molecule has 3 nitrogen and oxygen atoms in total. The second-order valence-corrected chi connectivity index (χ2v) is 9.20. The van der Waals surface area contributed by atoms with E-state index in [2.05, 4.69) is 60.2 Å². The molecule has 29 heavy (non-hydrogen) atoms. The number of rotatable bonds is 8. The zero-order valence-corrected chi connectivity index (χ0v) is 18.4. The lowest BCUT2D eigenvalue weighted by molar-refractivity contribution is 0.931. The molecule has 0 aliphatic heterocycles. The van der Waals surface area contributed by atoms with Crippen LogP contribution in [-0.4, -0.2) is 20.7 Å². The number of aryl methyl sites for hydroxylation is 2. The van der Waals surface area contributed by atoms with Gasteiger partial charge in [0.15, 0.2) is 5.16 Å². The van der Waals surface area contributed by atoms with Gasteiger partial charge in [-0.1, -0.05) is 54.2 Å². The number of hydrogen-bond acceptors (Lipinski definition) is 4. The van der Waals surface area contributed by atoms with Crippen LogP contribution in [-0.2, 0) is 12.2 Å². The van der Waals surface area contributed by atoms with Crippen LogP contribution in [0.15, 0.2) is 70.8 Å². The topological polar surface area (TPSA) is 41.6 Å². The monoisotopic (exact) mass is 419 g/mol. The summed E-state index contributed by atoms with van der Waals surface area (Å²) in [7, 11) is 0. The average Bonchev–Trinajstić information content (AvgIpc) is 3.16. The number of hydrogen-bond donors (Lipinski definition) is 1. The van der Waals surface area contributed by atoms with Crippen LogP contribution in [0.3, 0.4) is 0 Å². The molecule has 4 rings (SSSR count). The Morgan fingerprint density at radius 2 is 1.72 bits per heavy atom. The SMILES string of the molecule is Cc1cnc(CSc2nc3ccccc3[nH]2)c(C)c1SCCCc1ccccc1. The van der Waals surface area contributed by atoms with E-state index < -0.39 is 0 Å². The molecule has 148 valence electrons. The second kappa shape index (κ2) is 9.51. The van der Waals surface area contributed by atoms with E-state index >= 15 is 0 Å². The fraction of sp³-hybridized carbons (Fsp3) is 0.250. The number of fused-ring (bicyclic) bond motifs is 1. The van der Waals surface area contributed by atoms with E-state index in [1.54, 1.807) is 11.8 Å². The molecule has 0 aliphatic rings. The summed E-state index contributed by atoms with van der Waals surface area (Å²) in [5, 5.41) is 0.949. The zero-order chi connectivity index (χ0) is 20.1. The molecule has 5 heteroatoms. The molecule has 0 aliphatic carbocycles. The van der Waals surface area contributed by atoms with Crippen molar-refractivity contribution >= 4 is 34.6 Å². The number of H-pyrrole nitrogens is 1. The quantitative estimate of drug-likeness (QED) is 0.258. The minimum absolute atomic E-state index is 0.823. The molecule has 0 saturated heterocycles. The van der Waals surface area contributed by atoms with Crippen molar-refractivity contribution < 1.29 is 0 Å². The lowest BCUT2D eigenvalue weighted by atomic mass is 10.1. The first-order chi connectivity index (χ1) is 14.2. The molecule has 0 fully saturated rings. The van der Waals surface area contributed by atoms with Crippen LogP contribution in [0.5, 0.6) is 0 Å². The Morgan fingerprint density at radius 1 is 0.931 bits per heavy atom. The van der Waals surface area contributed by atoms with Gasteiger partial charge >= 0.3 is 0 Å². The minimum atomic E-state index is 0.823. The van der Waals surface area contributed by atoms with Gasteiger partial charge in [-0.05, 0) is 61.3 Å². The van der Waals surface area contributed by atoms with Crippen LogP contribution in [0.1, 0.15) is 28.8 Å². The number of para-hydroxylation sites is 2. The maximum absolute atomic E-state index is 4.71. The van der Waals surface area contributed by atoms with Gasteiger partial charge in [-0.15, -0.1) is 11.8 Å². The third-order valence-electron chi connectivity index (χ3n) is 4.96. The van der Waals surface area contributed by atoms with E-state index in [1.165, 1.54) is 28.0 Å². The van der Waals surface area contributed by atoms with Gasteiger partial charge < -0.3 is 4.98 Å². The molecular formula is C24H25N3S2. The van der Waals surface area contributed by atoms with Gasteiger partial charge in [0.2, 0.25) is 0 Å². The fourth-order valence-electron chi connectivity index (χ4n) is 3.35. The van der Waals surface area contributed by atoms with Crippen molar-refractivity contribution in [3.8, 4) is 0 Å². The number of pyridine rings is 1. The molecule has 0 radical (unpaired) electrons. The summed E-state index contributed by atoms with van der Waals surface area (Å²) in [4.78, 5) is 14.1. The summed E-state index contributed by atoms with van der Waals surface area (Å²) in [5.74, 6) is 1.94. The number of thioether (sulfide) groups is 2. The predicted molar refractivity (Wildman–Crippen MR) is 125 cm³/mol. The normalized spacial score (nSPS) is 11.2. The fourth-order valence-corrected chi connectivity index (χ4v) is 5.37. The van der Waals surface area contributed by atoms with Gasteiger partial charge in [0.05, 0.1) is 16.7 Å². The molecule has 0 unspecified atom stereocenters. The molecule has 0 saturated carbocycles. The van der Waals surface area contributed by atoms with Gasteiger partial charge in [0.25, 0.3) is 0 Å². The van der Waals surface area contributed by atoms with Crippen LogP contribution in [0, 0.1) is 13.8 Å². The number of aromatic amines is 1. The van der Waals surface area contributed by atoms with Crippen molar-refractivity contribution in [1.82, 2.24) is 15.0 Å². The molecule has 0 bridgehead atoms. The lowest BCUT2D eigenvalue weighted by Gasteiger charge is -2.13. The highest BCUT2D eigenvalue weighted by Gasteiger charge is 2.11. The van der Waals surface area contributed by atoms with Crippen LogP contribution in [0.25, 0.3) is 11.0 Å². The zero-order valence-electron chi connectivity index (χ0n) is 16.8. The molecule has 0 atom stereocenters. The Bertz CT molecular complexity index is 1060. The van der Waals surface area contributed by atoms with Gasteiger partial charge in [0, 0.05) is 16.8 Å². The highest BCUT2D eigenvalue weighted by atomic mass is 32.2. The number of imidazole rings is 1. The van der Waals surface area contributed by atoms with Crippen molar-refractivity contribution in [1.29, 1.82) is 0 Å². The Morgan fingerprint density at radius 3 is 2.55 bits per heavy atom. The smallest absolute Gasteiger partial charge is 0.166 e. The molecule has 4 aromatic rings.